The van der Waals surface area contributed by atoms with Gasteiger partial charge in [-0.2, -0.15) is 10.1 Å². The molecule has 0 radical (unpaired) electrons. The second kappa shape index (κ2) is 10.5. The number of H-pyrrole nitrogens is 1. The first-order chi connectivity index (χ1) is 17.0. The molecule has 1 saturated heterocycles. The van der Waals surface area contributed by atoms with E-state index in [4.69, 9.17) is 16.3 Å². The van der Waals surface area contributed by atoms with Crippen molar-refractivity contribution in [3.05, 3.63) is 51.8 Å². The van der Waals surface area contributed by atoms with Crippen molar-refractivity contribution in [2.24, 2.45) is 0 Å². The first-order valence-electron chi connectivity index (χ1n) is 12.5. The number of halogens is 1. The van der Waals surface area contributed by atoms with E-state index in [2.05, 4.69) is 61.7 Å². The molecule has 0 amide bonds. The zero-order valence-corrected chi connectivity index (χ0v) is 21.5. The Hall–Kier alpha value is -2.68. The number of aromatic amines is 1. The lowest BCUT2D eigenvalue weighted by Gasteiger charge is -2.39. The Bertz CT molecular complexity index is 1170. The van der Waals surface area contributed by atoms with Crippen LogP contribution in [0.3, 0.4) is 0 Å². The van der Waals surface area contributed by atoms with Crippen molar-refractivity contribution in [1.29, 1.82) is 0 Å². The maximum Gasteiger partial charge on any atom is 0.229 e. The normalized spacial score (nSPS) is 21.1. The minimum atomic E-state index is 0.437. The lowest BCUT2D eigenvalue weighted by atomic mass is 9.79. The van der Waals surface area contributed by atoms with E-state index in [-0.39, 0.29) is 0 Å². The van der Waals surface area contributed by atoms with Gasteiger partial charge >= 0.3 is 0 Å². The fraction of sp³-hybridized carbons (Fsp3) is 0.500. The minimum Gasteiger partial charge on any atom is -0.379 e. The second-order valence-corrected chi connectivity index (χ2v) is 10.2. The van der Waals surface area contributed by atoms with Crippen LogP contribution >= 0.6 is 11.6 Å². The molecule has 2 aromatic heterocycles. The molecule has 1 aromatic carbocycles. The monoisotopic (exact) mass is 495 g/mol. The Morgan fingerprint density at radius 1 is 1.00 bits per heavy atom. The standard InChI is InChI=1S/C26H34ClN7O/c1-16-13-23(29-26-28-15-22(27)25(31-26)30-24-14-18(3)32-33-24)17(2)12-21(16)19-4-6-20(7-5-19)34-8-10-35-11-9-34/h12-15,19-20H,4-11H2,1-3H3,(H3,28,29,30,31,32,33)/t19-,20-. The number of ether oxygens (including phenoxy) is 1. The minimum absolute atomic E-state index is 0.437. The summed E-state index contributed by atoms with van der Waals surface area (Å²) in [5.41, 5.74) is 5.94. The van der Waals surface area contributed by atoms with E-state index < -0.39 is 0 Å². The molecular formula is C26H34ClN7O. The molecule has 1 saturated carbocycles. The third-order valence-electron chi connectivity index (χ3n) is 7.25. The number of hydrogen-bond acceptors (Lipinski definition) is 7. The highest BCUT2D eigenvalue weighted by atomic mass is 35.5. The van der Waals surface area contributed by atoms with Crippen LogP contribution in [0.2, 0.25) is 5.02 Å². The molecule has 0 bridgehead atoms. The van der Waals surface area contributed by atoms with Crippen LogP contribution in [0.5, 0.6) is 0 Å². The van der Waals surface area contributed by atoms with Crippen LogP contribution in [0.4, 0.5) is 23.3 Å². The first-order valence-corrected chi connectivity index (χ1v) is 12.9. The van der Waals surface area contributed by atoms with Crippen LogP contribution in [0.25, 0.3) is 0 Å². The number of rotatable bonds is 6. The highest BCUT2D eigenvalue weighted by Gasteiger charge is 2.28. The molecular weight excluding hydrogens is 462 g/mol. The Balaban J connectivity index is 1.26. The Kier molecular flexibility index (Phi) is 7.22. The smallest absolute Gasteiger partial charge is 0.229 e. The van der Waals surface area contributed by atoms with Crippen LogP contribution in [0, 0.1) is 20.8 Å². The van der Waals surface area contributed by atoms with Gasteiger partial charge in [0.05, 0.1) is 19.4 Å². The molecule has 9 heteroatoms. The number of nitrogens with one attached hydrogen (secondary N) is 3. The summed E-state index contributed by atoms with van der Waals surface area (Å²) in [4.78, 5) is 11.6. The highest BCUT2D eigenvalue weighted by Crippen LogP contribution is 2.38. The maximum atomic E-state index is 6.32. The molecule has 3 aromatic rings. The van der Waals surface area contributed by atoms with Crippen molar-refractivity contribution in [1.82, 2.24) is 25.1 Å². The zero-order chi connectivity index (χ0) is 24.4. The summed E-state index contributed by atoms with van der Waals surface area (Å²) < 4.78 is 5.53. The molecule has 35 heavy (non-hydrogen) atoms. The summed E-state index contributed by atoms with van der Waals surface area (Å²) in [7, 11) is 0. The van der Waals surface area contributed by atoms with Gasteiger partial charge in [0.25, 0.3) is 0 Å². The van der Waals surface area contributed by atoms with Gasteiger partial charge in [0.15, 0.2) is 11.6 Å². The maximum absolute atomic E-state index is 6.32. The van der Waals surface area contributed by atoms with Gasteiger partial charge in [0.1, 0.15) is 5.02 Å². The van der Waals surface area contributed by atoms with Crippen molar-refractivity contribution in [2.45, 2.75) is 58.4 Å². The quantitative estimate of drug-likeness (QED) is 0.408. The largest absolute Gasteiger partial charge is 0.379 e. The predicted molar refractivity (Wildman–Crippen MR) is 140 cm³/mol. The van der Waals surface area contributed by atoms with Crippen LogP contribution < -0.4 is 10.6 Å². The lowest BCUT2D eigenvalue weighted by Crippen LogP contribution is -2.44. The summed E-state index contributed by atoms with van der Waals surface area (Å²) in [5.74, 6) is 2.29. The molecule has 2 aliphatic rings. The number of morpholine rings is 1. The van der Waals surface area contributed by atoms with Gasteiger partial charge in [-0.25, -0.2) is 4.98 Å². The topological polar surface area (TPSA) is 91.0 Å². The fourth-order valence-electron chi connectivity index (χ4n) is 5.35. The van der Waals surface area contributed by atoms with Crippen LogP contribution in [0.15, 0.2) is 24.4 Å². The van der Waals surface area contributed by atoms with Crippen LogP contribution in [-0.4, -0.2) is 57.4 Å². The van der Waals surface area contributed by atoms with Gasteiger partial charge in [-0.1, -0.05) is 17.7 Å². The van der Waals surface area contributed by atoms with Gasteiger partial charge < -0.3 is 15.4 Å². The molecule has 186 valence electrons. The lowest BCUT2D eigenvalue weighted by molar-refractivity contribution is 0.00728. The predicted octanol–water partition coefficient (Wildman–Crippen LogP) is 5.62. The number of nitrogens with zero attached hydrogens (tertiary/aromatic N) is 4. The molecule has 2 fully saturated rings. The summed E-state index contributed by atoms with van der Waals surface area (Å²) in [5, 5.41) is 14.1. The van der Waals surface area contributed by atoms with E-state index in [0.29, 0.717) is 34.6 Å². The zero-order valence-electron chi connectivity index (χ0n) is 20.7. The molecule has 1 aliphatic carbocycles. The van der Waals surface area contributed by atoms with Crippen LogP contribution in [0.1, 0.15) is 54.0 Å². The van der Waals surface area contributed by atoms with Crippen LogP contribution in [-0.2, 0) is 4.74 Å². The number of benzene rings is 1. The fourth-order valence-corrected chi connectivity index (χ4v) is 5.48. The van der Waals surface area contributed by atoms with Crippen molar-refractivity contribution >= 4 is 34.9 Å². The van der Waals surface area contributed by atoms with E-state index in [1.165, 1.54) is 42.4 Å². The average Bonchev–Trinajstić information content (AvgIpc) is 3.28. The number of anilines is 4. The van der Waals surface area contributed by atoms with Crippen molar-refractivity contribution < 1.29 is 4.74 Å². The Labute approximate surface area is 211 Å². The van der Waals surface area contributed by atoms with Crippen molar-refractivity contribution in [3.8, 4) is 0 Å². The molecule has 1 aliphatic heterocycles. The van der Waals surface area contributed by atoms with Gasteiger partial charge in [-0.05, 0) is 75.1 Å². The van der Waals surface area contributed by atoms with E-state index in [1.807, 2.05) is 13.0 Å². The van der Waals surface area contributed by atoms with Crippen molar-refractivity contribution in [2.75, 3.05) is 36.9 Å². The third kappa shape index (κ3) is 5.60. The molecule has 5 rings (SSSR count). The summed E-state index contributed by atoms with van der Waals surface area (Å²) in [6, 6.07) is 7.18. The number of aromatic nitrogens is 4. The van der Waals surface area contributed by atoms with E-state index >= 15 is 0 Å². The Morgan fingerprint density at radius 2 is 1.77 bits per heavy atom. The summed E-state index contributed by atoms with van der Waals surface area (Å²) in [6.07, 6.45) is 6.64. The molecule has 8 nitrogen and oxygen atoms in total. The molecule has 0 unspecified atom stereocenters. The number of hydrogen-bond donors (Lipinski definition) is 3. The van der Waals surface area contributed by atoms with Gasteiger partial charge in [-0.3, -0.25) is 10.00 Å². The Morgan fingerprint density at radius 3 is 2.49 bits per heavy atom. The molecule has 3 N–H and O–H groups in total. The van der Waals surface area contributed by atoms with Crippen molar-refractivity contribution in [3.63, 3.8) is 0 Å². The summed E-state index contributed by atoms with van der Waals surface area (Å²) >= 11 is 6.32. The second-order valence-electron chi connectivity index (χ2n) is 9.75. The van der Waals surface area contributed by atoms with E-state index in [0.717, 1.165) is 37.7 Å². The molecule has 0 spiro atoms. The highest BCUT2D eigenvalue weighted by molar-refractivity contribution is 6.32. The number of aryl methyl sites for hydroxylation is 3. The van der Waals surface area contributed by atoms with E-state index in [1.54, 1.807) is 6.20 Å². The third-order valence-corrected chi connectivity index (χ3v) is 7.53. The molecule has 3 heterocycles. The summed E-state index contributed by atoms with van der Waals surface area (Å²) in [6.45, 7) is 10.2. The SMILES string of the molecule is Cc1cc(Nc2nc(Nc3cc(C)c([C@H]4CC[C@H](N5CCOCC5)CC4)cc3C)ncc2Cl)n[nH]1. The first kappa shape index (κ1) is 24.0. The van der Waals surface area contributed by atoms with Gasteiger partial charge in [0, 0.05) is 36.6 Å². The van der Waals surface area contributed by atoms with E-state index in [9.17, 15) is 0 Å². The van der Waals surface area contributed by atoms with Gasteiger partial charge in [-0.15, -0.1) is 0 Å². The average molecular weight is 496 g/mol. The van der Waals surface area contributed by atoms with Gasteiger partial charge in [0.2, 0.25) is 5.95 Å². The molecule has 0 atom stereocenters.